The first kappa shape index (κ1) is 11.3. The van der Waals surface area contributed by atoms with Crippen LogP contribution < -0.4 is 11.1 Å². The molecule has 14 heavy (non-hydrogen) atoms. The highest BCUT2D eigenvalue weighted by molar-refractivity contribution is 7.80. The number of hydrogen-bond donors (Lipinski definition) is 2. The molecule has 0 aromatic rings. The molecule has 6 heteroatoms. The monoisotopic (exact) mass is 222 g/mol. The van der Waals surface area contributed by atoms with Gasteiger partial charge in [-0.15, -0.1) is 0 Å². The van der Waals surface area contributed by atoms with Crippen molar-refractivity contribution in [2.24, 2.45) is 5.73 Å². The molecule has 0 saturated heterocycles. The highest BCUT2D eigenvalue weighted by Gasteiger charge is 2.39. The Morgan fingerprint density at radius 2 is 2.29 bits per heavy atom. The summed E-state index contributed by atoms with van der Waals surface area (Å²) in [6, 6.07) is -0.438. The van der Waals surface area contributed by atoms with Gasteiger partial charge in [0, 0.05) is 18.9 Å². The van der Waals surface area contributed by atoms with Crippen LogP contribution in [0.2, 0.25) is 0 Å². The molecule has 1 fully saturated rings. The molecule has 0 aromatic heterocycles. The van der Waals surface area contributed by atoms with E-state index in [2.05, 4.69) is 17.5 Å². The standard InChI is InChI=1S/C8H12F2N2OS/c9-8(10)2-1-5(4-8)12-7(13)3-6(11)14/h5H,1-4H2,(H2,11,14)(H,12,13). The Hall–Kier alpha value is -0.780. The first-order chi connectivity index (χ1) is 6.39. The SMILES string of the molecule is NC(=S)CC(=O)NC1CCC(F)(F)C1. The number of carbonyl (C=O) groups excluding carboxylic acids is 1. The molecule has 3 N–H and O–H groups in total. The second-order valence-corrected chi connectivity index (χ2v) is 4.03. The summed E-state index contributed by atoms with van der Waals surface area (Å²) in [5.41, 5.74) is 5.14. The van der Waals surface area contributed by atoms with Crippen LogP contribution in [0.3, 0.4) is 0 Å². The molecular formula is C8H12F2N2OS. The van der Waals surface area contributed by atoms with Gasteiger partial charge in [-0.2, -0.15) is 0 Å². The predicted octanol–water partition coefficient (Wildman–Crippen LogP) is 0.967. The number of rotatable bonds is 3. The molecule has 0 radical (unpaired) electrons. The van der Waals surface area contributed by atoms with Crippen molar-refractivity contribution >= 4 is 23.1 Å². The maximum absolute atomic E-state index is 12.7. The van der Waals surface area contributed by atoms with Gasteiger partial charge in [0.15, 0.2) is 0 Å². The Labute approximate surface area is 86.0 Å². The fraction of sp³-hybridized carbons (Fsp3) is 0.750. The highest BCUT2D eigenvalue weighted by atomic mass is 32.1. The zero-order valence-electron chi connectivity index (χ0n) is 7.56. The molecule has 1 rings (SSSR count). The Bertz CT molecular complexity index is 258. The van der Waals surface area contributed by atoms with Crippen molar-refractivity contribution in [2.75, 3.05) is 0 Å². The van der Waals surface area contributed by atoms with Crippen LogP contribution in [0.1, 0.15) is 25.7 Å². The van der Waals surface area contributed by atoms with Crippen LogP contribution in [0.5, 0.6) is 0 Å². The number of halogens is 2. The molecule has 0 heterocycles. The van der Waals surface area contributed by atoms with Gasteiger partial charge in [0.1, 0.15) is 0 Å². The van der Waals surface area contributed by atoms with Gasteiger partial charge in [0.25, 0.3) is 0 Å². The van der Waals surface area contributed by atoms with Gasteiger partial charge in [-0.3, -0.25) is 4.79 Å². The molecule has 1 unspecified atom stereocenters. The van der Waals surface area contributed by atoms with Crippen molar-refractivity contribution in [2.45, 2.75) is 37.6 Å². The van der Waals surface area contributed by atoms with Gasteiger partial charge < -0.3 is 11.1 Å². The van der Waals surface area contributed by atoms with E-state index in [1.54, 1.807) is 0 Å². The van der Waals surface area contributed by atoms with Gasteiger partial charge in [0.05, 0.1) is 11.4 Å². The zero-order valence-corrected chi connectivity index (χ0v) is 8.37. The Morgan fingerprint density at radius 1 is 1.64 bits per heavy atom. The Morgan fingerprint density at radius 3 is 2.71 bits per heavy atom. The molecular weight excluding hydrogens is 210 g/mol. The van der Waals surface area contributed by atoms with E-state index in [0.717, 1.165) is 0 Å². The average molecular weight is 222 g/mol. The number of hydrogen-bond acceptors (Lipinski definition) is 2. The van der Waals surface area contributed by atoms with Gasteiger partial charge in [-0.05, 0) is 6.42 Å². The molecule has 0 aromatic carbocycles. The molecule has 3 nitrogen and oxygen atoms in total. The Balaban J connectivity index is 2.32. The van der Waals surface area contributed by atoms with E-state index in [0.29, 0.717) is 6.42 Å². The largest absolute Gasteiger partial charge is 0.393 e. The molecule has 1 aliphatic rings. The third-order valence-electron chi connectivity index (χ3n) is 2.10. The van der Waals surface area contributed by atoms with Gasteiger partial charge in [0.2, 0.25) is 11.8 Å². The minimum Gasteiger partial charge on any atom is -0.393 e. The summed E-state index contributed by atoms with van der Waals surface area (Å²) in [5, 5.41) is 2.48. The number of carbonyl (C=O) groups is 1. The third-order valence-corrected chi connectivity index (χ3v) is 2.25. The number of amides is 1. The average Bonchev–Trinajstić information content (AvgIpc) is 2.27. The lowest BCUT2D eigenvalue weighted by Crippen LogP contribution is -2.35. The van der Waals surface area contributed by atoms with Crippen LogP contribution in [-0.4, -0.2) is 22.9 Å². The number of nitrogens with one attached hydrogen (secondary N) is 1. The van der Waals surface area contributed by atoms with Crippen molar-refractivity contribution in [1.82, 2.24) is 5.32 Å². The van der Waals surface area contributed by atoms with E-state index in [9.17, 15) is 13.6 Å². The smallest absolute Gasteiger partial charge is 0.250 e. The van der Waals surface area contributed by atoms with E-state index >= 15 is 0 Å². The molecule has 1 amide bonds. The molecule has 80 valence electrons. The fourth-order valence-corrected chi connectivity index (χ4v) is 1.64. The van der Waals surface area contributed by atoms with E-state index < -0.39 is 12.0 Å². The molecule has 1 aliphatic carbocycles. The zero-order chi connectivity index (χ0) is 10.8. The van der Waals surface area contributed by atoms with Gasteiger partial charge >= 0.3 is 0 Å². The van der Waals surface area contributed by atoms with Crippen molar-refractivity contribution in [3.63, 3.8) is 0 Å². The Kier molecular flexibility index (Phi) is 3.36. The second kappa shape index (κ2) is 4.16. The van der Waals surface area contributed by atoms with Crippen LogP contribution in [0.4, 0.5) is 8.78 Å². The summed E-state index contributed by atoms with van der Waals surface area (Å²) in [4.78, 5) is 11.2. The van der Waals surface area contributed by atoms with E-state index in [1.165, 1.54) is 0 Å². The fourth-order valence-electron chi connectivity index (χ4n) is 1.51. The number of nitrogens with two attached hydrogens (primary N) is 1. The van der Waals surface area contributed by atoms with Crippen molar-refractivity contribution < 1.29 is 13.6 Å². The van der Waals surface area contributed by atoms with Crippen molar-refractivity contribution in [3.8, 4) is 0 Å². The minimum absolute atomic E-state index is 0.0720. The van der Waals surface area contributed by atoms with Crippen LogP contribution in [-0.2, 0) is 4.79 Å². The van der Waals surface area contributed by atoms with Crippen LogP contribution in [0.25, 0.3) is 0 Å². The van der Waals surface area contributed by atoms with Gasteiger partial charge in [-0.25, -0.2) is 8.78 Å². The predicted molar refractivity (Wildman–Crippen MR) is 52.1 cm³/mol. The van der Waals surface area contributed by atoms with Crippen molar-refractivity contribution in [3.05, 3.63) is 0 Å². The maximum Gasteiger partial charge on any atom is 0.250 e. The quantitative estimate of drug-likeness (QED) is 0.699. The lowest BCUT2D eigenvalue weighted by molar-refractivity contribution is -0.120. The molecule has 1 atom stereocenters. The minimum atomic E-state index is -2.64. The lowest BCUT2D eigenvalue weighted by Gasteiger charge is -2.12. The number of alkyl halides is 2. The first-order valence-electron chi connectivity index (χ1n) is 4.34. The molecule has 1 saturated carbocycles. The topological polar surface area (TPSA) is 55.1 Å². The molecule has 0 aliphatic heterocycles. The number of thiocarbonyl (C=S) groups is 1. The first-order valence-corrected chi connectivity index (χ1v) is 4.75. The van der Waals surface area contributed by atoms with Gasteiger partial charge in [-0.1, -0.05) is 12.2 Å². The highest BCUT2D eigenvalue weighted by Crippen LogP contribution is 2.34. The van der Waals surface area contributed by atoms with Crippen molar-refractivity contribution in [1.29, 1.82) is 0 Å². The molecule has 0 spiro atoms. The summed E-state index contributed by atoms with van der Waals surface area (Å²) in [6.45, 7) is 0. The normalized spacial score (nSPS) is 24.6. The van der Waals surface area contributed by atoms with Crippen LogP contribution >= 0.6 is 12.2 Å². The van der Waals surface area contributed by atoms with Crippen LogP contribution in [0, 0.1) is 0 Å². The summed E-state index contributed by atoms with van der Waals surface area (Å²) in [7, 11) is 0. The van der Waals surface area contributed by atoms with E-state index in [-0.39, 0.29) is 30.2 Å². The molecule has 0 bridgehead atoms. The summed E-state index contributed by atoms with van der Waals surface area (Å²) in [6.07, 6.45) is -0.200. The summed E-state index contributed by atoms with van der Waals surface area (Å²) < 4.78 is 25.4. The third kappa shape index (κ3) is 3.53. The van der Waals surface area contributed by atoms with Crippen LogP contribution in [0.15, 0.2) is 0 Å². The summed E-state index contributed by atoms with van der Waals surface area (Å²) >= 11 is 4.53. The van der Waals surface area contributed by atoms with E-state index in [4.69, 9.17) is 5.73 Å². The lowest BCUT2D eigenvalue weighted by atomic mass is 10.2. The van der Waals surface area contributed by atoms with E-state index in [1.807, 2.05) is 0 Å². The second-order valence-electron chi connectivity index (χ2n) is 3.51. The maximum atomic E-state index is 12.7. The summed E-state index contributed by atoms with van der Waals surface area (Å²) in [5.74, 6) is -3.01.